The van der Waals surface area contributed by atoms with E-state index >= 15 is 0 Å². The second kappa shape index (κ2) is 5.85. The Balaban J connectivity index is 2.04. The Kier molecular flexibility index (Phi) is 3.95. The molecule has 0 amide bonds. The van der Waals surface area contributed by atoms with Gasteiger partial charge in [-0.15, -0.1) is 0 Å². The van der Waals surface area contributed by atoms with Gasteiger partial charge in [-0.3, -0.25) is 0 Å². The highest BCUT2D eigenvalue weighted by atomic mass is 16.5. The van der Waals surface area contributed by atoms with E-state index in [9.17, 15) is 5.11 Å². The van der Waals surface area contributed by atoms with Crippen molar-refractivity contribution in [2.24, 2.45) is 0 Å². The lowest BCUT2D eigenvalue weighted by atomic mass is 10.1. The monoisotopic (exact) mass is 239 g/mol. The van der Waals surface area contributed by atoms with E-state index in [0.717, 1.165) is 5.56 Å². The summed E-state index contributed by atoms with van der Waals surface area (Å²) in [4.78, 5) is 0. The smallest absolute Gasteiger partial charge is 0.166 e. The Labute approximate surface area is 106 Å². The van der Waals surface area contributed by atoms with Crippen LogP contribution in [0.15, 0.2) is 54.6 Å². The van der Waals surface area contributed by atoms with Gasteiger partial charge in [-0.25, -0.2) is 0 Å². The molecule has 0 bridgehead atoms. The number of aliphatic hydroxyl groups is 1. The van der Waals surface area contributed by atoms with Crippen LogP contribution in [0.2, 0.25) is 0 Å². The van der Waals surface area contributed by atoms with Gasteiger partial charge >= 0.3 is 0 Å². The Morgan fingerprint density at radius 1 is 1.11 bits per heavy atom. The van der Waals surface area contributed by atoms with Crippen LogP contribution in [0.3, 0.4) is 0 Å². The molecule has 1 unspecified atom stereocenters. The van der Waals surface area contributed by atoms with Gasteiger partial charge < -0.3 is 9.84 Å². The Morgan fingerprint density at radius 2 is 1.89 bits per heavy atom. The van der Waals surface area contributed by atoms with Gasteiger partial charge in [-0.2, -0.15) is 5.26 Å². The normalized spacial score (nSPS) is 11.6. The summed E-state index contributed by atoms with van der Waals surface area (Å²) in [6.07, 6.45) is -1.11. The zero-order valence-corrected chi connectivity index (χ0v) is 9.78. The van der Waals surface area contributed by atoms with Crippen LogP contribution in [0.4, 0.5) is 0 Å². The lowest BCUT2D eigenvalue weighted by Gasteiger charge is -2.08. The molecule has 0 aliphatic carbocycles. The molecule has 2 rings (SSSR count). The first-order valence-electron chi connectivity index (χ1n) is 5.64. The van der Waals surface area contributed by atoms with E-state index in [-0.39, 0.29) is 0 Å². The van der Waals surface area contributed by atoms with Crippen molar-refractivity contribution in [1.82, 2.24) is 0 Å². The summed E-state index contributed by atoms with van der Waals surface area (Å²) >= 11 is 0. The zero-order chi connectivity index (χ0) is 12.8. The highest BCUT2D eigenvalue weighted by molar-refractivity contribution is 5.32. The number of hydrogen-bond donors (Lipinski definition) is 1. The first-order chi connectivity index (χ1) is 8.79. The van der Waals surface area contributed by atoms with Gasteiger partial charge in [0, 0.05) is 0 Å². The maximum absolute atomic E-state index is 9.42. The lowest BCUT2D eigenvalue weighted by Crippen LogP contribution is -1.97. The zero-order valence-electron chi connectivity index (χ0n) is 9.78. The topological polar surface area (TPSA) is 53.2 Å². The fourth-order valence-corrected chi connectivity index (χ4v) is 1.59. The molecule has 90 valence electrons. The van der Waals surface area contributed by atoms with Crippen molar-refractivity contribution >= 4 is 0 Å². The molecule has 0 saturated carbocycles. The summed E-state index contributed by atoms with van der Waals surface area (Å²) < 4.78 is 5.61. The maximum Gasteiger partial charge on any atom is 0.166 e. The fourth-order valence-electron chi connectivity index (χ4n) is 1.59. The van der Waals surface area contributed by atoms with E-state index < -0.39 is 6.10 Å². The highest BCUT2D eigenvalue weighted by Crippen LogP contribution is 2.19. The molecule has 3 nitrogen and oxygen atoms in total. The average molecular weight is 239 g/mol. The molecule has 0 heterocycles. The minimum absolute atomic E-state index is 0.465. The molecule has 0 aliphatic rings. The lowest BCUT2D eigenvalue weighted by molar-refractivity contribution is 0.234. The van der Waals surface area contributed by atoms with Crippen LogP contribution < -0.4 is 4.74 Å². The third-order valence-corrected chi connectivity index (χ3v) is 2.54. The van der Waals surface area contributed by atoms with E-state index in [1.807, 2.05) is 30.3 Å². The quantitative estimate of drug-likeness (QED) is 0.835. The van der Waals surface area contributed by atoms with E-state index in [1.165, 1.54) is 0 Å². The van der Waals surface area contributed by atoms with E-state index in [1.54, 1.807) is 30.3 Å². The number of rotatable bonds is 4. The molecular weight excluding hydrogens is 226 g/mol. The first-order valence-corrected chi connectivity index (χ1v) is 5.64. The molecule has 3 heteroatoms. The molecule has 0 aromatic heterocycles. The van der Waals surface area contributed by atoms with Gasteiger partial charge in [-0.1, -0.05) is 42.5 Å². The Morgan fingerprint density at radius 3 is 2.61 bits per heavy atom. The minimum atomic E-state index is -1.11. The number of ether oxygens (including phenoxy) is 1. The molecular formula is C15H13NO2. The molecule has 0 aliphatic heterocycles. The third kappa shape index (κ3) is 3.09. The second-order valence-corrected chi connectivity index (χ2v) is 3.88. The number of nitriles is 1. The molecule has 0 spiro atoms. The van der Waals surface area contributed by atoms with Crippen molar-refractivity contribution in [2.45, 2.75) is 12.7 Å². The van der Waals surface area contributed by atoms with Crippen LogP contribution in [-0.4, -0.2) is 5.11 Å². The summed E-state index contributed by atoms with van der Waals surface area (Å²) in [5, 5.41) is 18.1. The number of aliphatic hydroxyl groups excluding tert-OH is 1. The third-order valence-electron chi connectivity index (χ3n) is 2.54. The van der Waals surface area contributed by atoms with Gasteiger partial charge in [0.05, 0.1) is 6.07 Å². The maximum atomic E-state index is 9.42. The number of benzene rings is 2. The van der Waals surface area contributed by atoms with Crippen LogP contribution in [0.1, 0.15) is 17.2 Å². The van der Waals surface area contributed by atoms with Crippen molar-refractivity contribution in [3.63, 3.8) is 0 Å². The van der Waals surface area contributed by atoms with Crippen molar-refractivity contribution in [1.29, 1.82) is 5.26 Å². The summed E-state index contributed by atoms with van der Waals surface area (Å²) in [7, 11) is 0. The van der Waals surface area contributed by atoms with Crippen molar-refractivity contribution < 1.29 is 9.84 Å². The highest BCUT2D eigenvalue weighted by Gasteiger charge is 2.06. The molecule has 18 heavy (non-hydrogen) atoms. The van der Waals surface area contributed by atoms with Crippen molar-refractivity contribution in [2.75, 3.05) is 0 Å². The van der Waals surface area contributed by atoms with Gasteiger partial charge in [0.2, 0.25) is 0 Å². The standard InChI is InChI=1S/C15H13NO2/c16-10-15(17)13-7-4-8-14(9-13)18-11-12-5-2-1-3-6-12/h1-9,15,17H,11H2. The fraction of sp³-hybridized carbons (Fsp3) is 0.133. The molecule has 1 atom stereocenters. The second-order valence-electron chi connectivity index (χ2n) is 3.88. The van der Waals surface area contributed by atoms with Crippen LogP contribution in [0.5, 0.6) is 5.75 Å². The van der Waals surface area contributed by atoms with E-state index in [4.69, 9.17) is 10.00 Å². The molecule has 0 fully saturated rings. The number of nitrogens with zero attached hydrogens (tertiary/aromatic N) is 1. The minimum Gasteiger partial charge on any atom is -0.489 e. The van der Waals surface area contributed by atoms with Gasteiger partial charge in [-0.05, 0) is 23.3 Å². The van der Waals surface area contributed by atoms with E-state index in [2.05, 4.69) is 0 Å². The van der Waals surface area contributed by atoms with Crippen LogP contribution >= 0.6 is 0 Å². The van der Waals surface area contributed by atoms with Crippen molar-refractivity contribution in [3.8, 4) is 11.8 Å². The Hall–Kier alpha value is -2.31. The molecule has 2 aromatic rings. The molecule has 0 saturated heterocycles. The van der Waals surface area contributed by atoms with Crippen LogP contribution in [-0.2, 0) is 6.61 Å². The van der Waals surface area contributed by atoms with Crippen LogP contribution in [0, 0.1) is 11.3 Å². The SMILES string of the molecule is N#CC(O)c1cccc(OCc2ccccc2)c1. The molecule has 1 N–H and O–H groups in total. The predicted octanol–water partition coefficient (Wildman–Crippen LogP) is 2.82. The van der Waals surface area contributed by atoms with Crippen molar-refractivity contribution in [3.05, 3.63) is 65.7 Å². The van der Waals surface area contributed by atoms with E-state index in [0.29, 0.717) is 17.9 Å². The molecule has 0 radical (unpaired) electrons. The van der Waals surface area contributed by atoms with Gasteiger partial charge in [0.15, 0.2) is 6.10 Å². The van der Waals surface area contributed by atoms with Gasteiger partial charge in [0.1, 0.15) is 12.4 Å². The summed E-state index contributed by atoms with van der Waals surface area (Å²) in [6.45, 7) is 0.465. The van der Waals surface area contributed by atoms with Gasteiger partial charge in [0.25, 0.3) is 0 Å². The average Bonchev–Trinajstić information content (AvgIpc) is 2.45. The summed E-state index contributed by atoms with van der Waals surface area (Å²) in [5.41, 5.74) is 1.62. The van der Waals surface area contributed by atoms with Crippen LogP contribution in [0.25, 0.3) is 0 Å². The predicted molar refractivity (Wildman–Crippen MR) is 67.8 cm³/mol. The molecule has 2 aromatic carbocycles. The largest absolute Gasteiger partial charge is 0.489 e. The summed E-state index contributed by atoms with van der Waals surface area (Å²) in [5.74, 6) is 0.644. The number of hydrogen-bond acceptors (Lipinski definition) is 3. The summed E-state index contributed by atoms with van der Waals surface area (Å²) in [6, 6.07) is 18.5. The first kappa shape index (κ1) is 12.2. The Bertz CT molecular complexity index is 546.